The Kier molecular flexibility index (Phi) is 6.28. The molecule has 0 aliphatic heterocycles. The molecule has 0 aromatic heterocycles. The Bertz CT molecular complexity index is 23.0. The van der Waals surface area contributed by atoms with Gasteiger partial charge >= 0.3 is 0 Å². The van der Waals surface area contributed by atoms with Gasteiger partial charge in [-0.25, -0.2) is 0 Å². The summed E-state index contributed by atoms with van der Waals surface area (Å²) in [6.07, 6.45) is 0. The summed E-state index contributed by atoms with van der Waals surface area (Å²) in [4.78, 5) is 0. The molecule has 0 saturated carbocycles. The maximum atomic E-state index is 4.83. The second-order valence-electron chi connectivity index (χ2n) is 0.429. The highest BCUT2D eigenvalue weighted by atomic mass is 35.6. The van der Waals surface area contributed by atoms with Crippen molar-refractivity contribution in [2.45, 2.75) is 3.25 Å². The van der Waals surface area contributed by atoms with Crippen LogP contribution in [0.3, 0.4) is 0 Å². The second-order valence-corrected chi connectivity index (χ2v) is 3.86. The lowest BCUT2D eigenvalue weighted by Crippen LogP contribution is -1.81. The topological polar surface area (TPSA) is 0 Å². The van der Waals surface area contributed by atoms with Crippen LogP contribution < -0.4 is 0 Å². The van der Waals surface area contributed by atoms with E-state index in [0.29, 0.717) is 0 Å². The molecule has 0 spiro atoms. The number of hydrogen-bond acceptors (Lipinski definition) is 0. The minimum Gasteiger partial charge on any atom is -0.153 e. The van der Waals surface area contributed by atoms with Crippen LogP contribution in [0.4, 0.5) is 0 Å². The zero-order valence-corrected chi connectivity index (χ0v) is 7.16. The summed E-state index contributed by atoms with van der Waals surface area (Å²) in [5, 5.41) is 0. The number of halogens is 4. The lowest BCUT2D eigenvalue weighted by molar-refractivity contribution is 1.76. The predicted octanol–water partition coefficient (Wildman–Crippen LogP) is 2.61. The molecule has 0 fully saturated rings. The Morgan fingerprint density at radius 3 is 0.833 bits per heavy atom. The average Bonchev–Trinajstić information content (AvgIpc) is 0.722. The van der Waals surface area contributed by atoms with Gasteiger partial charge in [0.2, 0.25) is 0 Å². The summed E-state index contributed by atoms with van der Waals surface area (Å²) in [6.45, 7) is 0. The van der Waals surface area contributed by atoms with E-state index in [9.17, 15) is 0 Å². The van der Waals surface area contributed by atoms with Crippen molar-refractivity contribution < 1.29 is 0 Å². The van der Waals surface area contributed by atoms with Gasteiger partial charge in [0.1, 0.15) is 0 Å². The molecule has 0 aliphatic carbocycles. The molecule has 0 aromatic rings. The van der Waals surface area contributed by atoms with Crippen molar-refractivity contribution in [3.63, 3.8) is 0 Å². The van der Waals surface area contributed by atoms with E-state index < -0.39 is 3.25 Å². The summed E-state index contributed by atoms with van der Waals surface area (Å²) in [6, 6.07) is 0. The third kappa shape index (κ3) is 46.6. The normalized spacial score (nSPS) is 10.0. The van der Waals surface area contributed by atoms with Crippen molar-refractivity contribution in [2.24, 2.45) is 0 Å². The van der Waals surface area contributed by atoms with Gasteiger partial charge in [0.05, 0.1) is 0 Å². The fourth-order valence-electron chi connectivity index (χ4n) is 0. The smallest absolute Gasteiger partial charge is 0.153 e. The van der Waals surface area contributed by atoms with Gasteiger partial charge in [0, 0.05) is 0 Å². The van der Waals surface area contributed by atoms with Crippen LogP contribution >= 0.6 is 56.3 Å². The minimum atomic E-state index is -1.61. The average molecular weight is 188 g/mol. The van der Waals surface area contributed by atoms with Gasteiger partial charge in [-0.05, 0) is 0 Å². The Labute approximate surface area is 59.7 Å². The zero-order chi connectivity index (χ0) is 4.50. The predicted molar refractivity (Wildman–Crippen MR) is 37.2 cm³/mol. The van der Waals surface area contributed by atoms with Gasteiger partial charge in [0.25, 0.3) is 3.25 Å². The fourth-order valence-corrected chi connectivity index (χ4v) is 0. The van der Waals surface area contributed by atoms with E-state index in [1.807, 2.05) is 0 Å². The highest BCUT2D eigenvalue weighted by Crippen LogP contribution is 2.29. The molecule has 0 aliphatic rings. The molecule has 0 aromatic carbocycles. The van der Waals surface area contributed by atoms with Gasteiger partial charge < -0.3 is 0 Å². The Morgan fingerprint density at radius 1 is 0.833 bits per heavy atom. The van der Waals surface area contributed by atoms with Crippen molar-refractivity contribution in [3.8, 4) is 0 Å². The van der Waals surface area contributed by atoms with Crippen LogP contribution in [-0.2, 0) is 0 Å². The first-order chi connectivity index (χ1) is 2.00. The van der Waals surface area contributed by atoms with Gasteiger partial charge in [-0.15, -0.1) is 0 Å². The van der Waals surface area contributed by atoms with Crippen molar-refractivity contribution >= 4 is 56.3 Å². The summed E-state index contributed by atoms with van der Waals surface area (Å²) < 4.78 is -1.61. The highest BCUT2D eigenvalue weighted by molar-refractivity contribution is 6.92. The van der Waals surface area contributed by atoms with E-state index in [0.717, 1.165) is 0 Å². The van der Waals surface area contributed by atoms with Crippen LogP contribution in [0.5, 0.6) is 0 Å². The lowest BCUT2D eigenvalue weighted by Gasteiger charge is -1.91. The number of rotatable bonds is 0. The van der Waals surface area contributed by atoms with Gasteiger partial charge in [-0.2, -0.15) is 9.90 Å². The van der Waals surface area contributed by atoms with Crippen LogP contribution in [0.2, 0.25) is 0 Å². The molecule has 0 N–H and O–H groups in total. The third-order valence-corrected chi connectivity index (χ3v) is 0. The second kappa shape index (κ2) is 3.57. The quantitative estimate of drug-likeness (QED) is 0.404. The first-order valence-electron chi connectivity index (χ1n) is 0.756. The molecule has 0 bridgehead atoms. The standard InChI is InChI=1S/CCl4.H3P/c2-1(3,4)5;/h;1H3. The molecule has 5 heteroatoms. The SMILES string of the molecule is ClC(Cl)(Cl)Cl.P. The van der Waals surface area contributed by atoms with Crippen molar-refractivity contribution in [1.82, 2.24) is 0 Å². The molecule has 1 atom stereocenters. The van der Waals surface area contributed by atoms with E-state index in [4.69, 9.17) is 46.4 Å². The molecule has 1 unspecified atom stereocenters. The molecule has 0 rings (SSSR count). The molecule has 40 valence electrons. The van der Waals surface area contributed by atoms with Crippen molar-refractivity contribution in [3.05, 3.63) is 0 Å². The monoisotopic (exact) mass is 186 g/mol. The maximum Gasteiger partial charge on any atom is 0.266 e. The Hall–Kier alpha value is 1.59. The summed E-state index contributed by atoms with van der Waals surface area (Å²) >= 11 is 19.3. The minimum absolute atomic E-state index is 0. The van der Waals surface area contributed by atoms with Crippen LogP contribution in [-0.4, -0.2) is 3.25 Å². The molecule has 0 heterocycles. The van der Waals surface area contributed by atoms with E-state index in [-0.39, 0.29) is 9.90 Å². The maximum absolute atomic E-state index is 4.83. The van der Waals surface area contributed by atoms with Crippen LogP contribution in [0.1, 0.15) is 0 Å². The fraction of sp³-hybridized carbons (Fsp3) is 1.00. The summed E-state index contributed by atoms with van der Waals surface area (Å²) in [5.41, 5.74) is 0. The molecule has 6 heavy (non-hydrogen) atoms. The first-order valence-corrected chi connectivity index (χ1v) is 2.27. The van der Waals surface area contributed by atoms with E-state index >= 15 is 0 Å². The Balaban J connectivity index is 0. The highest BCUT2D eigenvalue weighted by Gasteiger charge is 2.11. The molecule has 0 amide bonds. The number of alkyl halides is 4. The molecule has 0 radical (unpaired) electrons. The molecular formula is CH3Cl4P. The lowest BCUT2D eigenvalue weighted by atomic mass is 11.8. The summed E-state index contributed by atoms with van der Waals surface area (Å²) in [7, 11) is 0. The Morgan fingerprint density at radius 2 is 0.833 bits per heavy atom. The largest absolute Gasteiger partial charge is 0.266 e. The van der Waals surface area contributed by atoms with Crippen LogP contribution in [0, 0.1) is 0 Å². The summed E-state index contributed by atoms with van der Waals surface area (Å²) in [5.74, 6) is 0. The zero-order valence-electron chi connectivity index (χ0n) is 2.72. The molecule has 0 saturated heterocycles. The van der Waals surface area contributed by atoms with E-state index in [1.54, 1.807) is 0 Å². The number of hydrogen-bond donors (Lipinski definition) is 0. The van der Waals surface area contributed by atoms with Gasteiger partial charge in [-0.1, -0.05) is 46.4 Å². The van der Waals surface area contributed by atoms with Crippen molar-refractivity contribution in [1.29, 1.82) is 0 Å². The molecule has 0 nitrogen and oxygen atoms in total. The van der Waals surface area contributed by atoms with Crippen molar-refractivity contribution in [2.75, 3.05) is 0 Å². The van der Waals surface area contributed by atoms with Crippen LogP contribution in [0.25, 0.3) is 0 Å². The molecular weight excluding hydrogens is 185 g/mol. The van der Waals surface area contributed by atoms with Gasteiger partial charge in [-0.3, -0.25) is 0 Å². The first kappa shape index (κ1) is 10.5. The van der Waals surface area contributed by atoms with Crippen LogP contribution in [0.15, 0.2) is 0 Å². The van der Waals surface area contributed by atoms with E-state index in [2.05, 4.69) is 0 Å². The third-order valence-electron chi connectivity index (χ3n) is 0. The van der Waals surface area contributed by atoms with Gasteiger partial charge in [0.15, 0.2) is 0 Å². The van der Waals surface area contributed by atoms with E-state index in [1.165, 1.54) is 0 Å².